The van der Waals surface area contributed by atoms with Crippen LogP contribution >= 0.6 is 0 Å². The van der Waals surface area contributed by atoms with E-state index in [0.717, 1.165) is 0 Å². The van der Waals surface area contributed by atoms with Gasteiger partial charge in [0.2, 0.25) is 0 Å². The zero-order chi connectivity index (χ0) is 18.6. The van der Waals surface area contributed by atoms with Crippen molar-refractivity contribution in [2.75, 3.05) is 0 Å². The highest BCUT2D eigenvalue weighted by Gasteiger charge is 2.19. The minimum Gasteiger partial charge on any atom is -0.199 e. The van der Waals surface area contributed by atoms with Crippen LogP contribution in [0.25, 0.3) is 0 Å². The summed E-state index contributed by atoms with van der Waals surface area (Å²) in [6.45, 7) is 0. The minimum atomic E-state index is -3.99. The van der Waals surface area contributed by atoms with Gasteiger partial charge in [-0.1, -0.05) is 48.6 Å². The summed E-state index contributed by atoms with van der Waals surface area (Å²) >= 11 is 0. The van der Waals surface area contributed by atoms with Crippen molar-refractivity contribution in [1.82, 2.24) is 0 Å². The van der Waals surface area contributed by atoms with Crippen LogP contribution in [0.4, 0.5) is 0 Å². The van der Waals surface area contributed by atoms with Crippen LogP contribution in [-0.2, 0) is 20.0 Å². The van der Waals surface area contributed by atoms with Gasteiger partial charge < -0.3 is 0 Å². The predicted octanol–water partition coefficient (Wildman–Crippen LogP) is 2.77. The number of allylic oxidation sites excluding steroid dienone is 4. The molecule has 1 aliphatic rings. The molecule has 0 aromatic heterocycles. The standard InChI is InChI=1S/C18H14N2O4S2/c21-25(22,15-9-3-1-4-10-15)19-17-13-7-8-14-18(17)20-26(23,24)16-11-5-2-6-12-16/h1-14H. The molecule has 2 aromatic carbocycles. The Bertz CT molecular complexity index is 1040. The molecule has 0 aliphatic heterocycles. The molecule has 1 aliphatic carbocycles. The smallest absolute Gasteiger partial charge is 0.199 e. The maximum Gasteiger partial charge on any atom is 0.282 e. The van der Waals surface area contributed by atoms with E-state index < -0.39 is 20.0 Å². The molecule has 0 N–H and O–H groups in total. The van der Waals surface area contributed by atoms with E-state index in [2.05, 4.69) is 8.80 Å². The third kappa shape index (κ3) is 4.04. The normalized spacial score (nSPS) is 17.7. The molecule has 0 unspecified atom stereocenters. The topological polar surface area (TPSA) is 93.0 Å². The van der Waals surface area contributed by atoms with Crippen LogP contribution in [0.1, 0.15) is 0 Å². The average molecular weight is 386 g/mol. The summed E-state index contributed by atoms with van der Waals surface area (Å²) in [5.74, 6) is 0. The molecule has 0 fully saturated rings. The second kappa shape index (κ2) is 7.19. The molecule has 0 atom stereocenters. The Morgan fingerprint density at radius 1 is 0.538 bits per heavy atom. The zero-order valence-electron chi connectivity index (χ0n) is 13.4. The van der Waals surface area contributed by atoms with E-state index in [4.69, 9.17) is 0 Å². The summed E-state index contributed by atoms with van der Waals surface area (Å²) in [7, 11) is -7.97. The highest BCUT2D eigenvalue weighted by molar-refractivity contribution is 7.91. The average Bonchev–Trinajstić information content (AvgIpc) is 2.64. The first-order valence-electron chi connectivity index (χ1n) is 7.54. The summed E-state index contributed by atoms with van der Waals surface area (Å²) in [4.78, 5) is 0.0291. The first-order chi connectivity index (χ1) is 12.4. The van der Waals surface area contributed by atoms with Crippen molar-refractivity contribution in [2.45, 2.75) is 9.79 Å². The Balaban J connectivity index is 2.05. The molecule has 0 amide bonds. The number of hydrogen-bond donors (Lipinski definition) is 0. The number of sulfonamides is 2. The van der Waals surface area contributed by atoms with E-state index in [0.29, 0.717) is 0 Å². The zero-order valence-corrected chi connectivity index (χ0v) is 15.1. The van der Waals surface area contributed by atoms with Gasteiger partial charge in [0.25, 0.3) is 20.0 Å². The monoisotopic (exact) mass is 386 g/mol. The van der Waals surface area contributed by atoms with Gasteiger partial charge in [-0.05, 0) is 36.4 Å². The lowest BCUT2D eigenvalue weighted by molar-refractivity contribution is 0.596. The van der Waals surface area contributed by atoms with E-state index >= 15 is 0 Å². The maximum absolute atomic E-state index is 12.4. The Labute approximate surface area is 152 Å². The fourth-order valence-electron chi connectivity index (χ4n) is 2.17. The first kappa shape index (κ1) is 18.0. The van der Waals surface area contributed by atoms with Crippen LogP contribution in [0, 0.1) is 0 Å². The van der Waals surface area contributed by atoms with Crippen LogP contribution in [0.5, 0.6) is 0 Å². The molecule has 132 valence electrons. The maximum atomic E-state index is 12.4. The number of rotatable bonds is 4. The van der Waals surface area contributed by atoms with E-state index in [1.165, 1.54) is 36.4 Å². The van der Waals surface area contributed by atoms with Crippen molar-refractivity contribution in [3.8, 4) is 0 Å². The number of benzene rings is 2. The van der Waals surface area contributed by atoms with Crippen molar-refractivity contribution in [3.05, 3.63) is 85.0 Å². The van der Waals surface area contributed by atoms with Gasteiger partial charge in [-0.3, -0.25) is 0 Å². The summed E-state index contributed by atoms with van der Waals surface area (Å²) in [5.41, 5.74) is -0.0910. The molecular formula is C18H14N2O4S2. The van der Waals surface area contributed by atoms with Gasteiger partial charge in [-0.15, -0.1) is 0 Å². The van der Waals surface area contributed by atoms with E-state index in [1.807, 2.05) is 0 Å². The van der Waals surface area contributed by atoms with Crippen molar-refractivity contribution < 1.29 is 16.8 Å². The SMILES string of the molecule is O=S(=O)(N=C1C=CC=CC1=NS(=O)(=O)c1ccccc1)c1ccccc1. The molecule has 2 aromatic rings. The van der Waals surface area contributed by atoms with Crippen molar-refractivity contribution in [1.29, 1.82) is 0 Å². The van der Waals surface area contributed by atoms with E-state index in [9.17, 15) is 16.8 Å². The second-order valence-electron chi connectivity index (χ2n) is 5.25. The first-order valence-corrected chi connectivity index (χ1v) is 10.4. The summed E-state index contributed by atoms with van der Waals surface area (Å²) in [6, 6.07) is 15.4. The molecule has 0 bridgehead atoms. The van der Waals surface area contributed by atoms with Crippen LogP contribution < -0.4 is 0 Å². The van der Waals surface area contributed by atoms with Gasteiger partial charge in [-0.25, -0.2) is 0 Å². The summed E-state index contributed by atoms with van der Waals surface area (Å²) in [5, 5.41) is 0. The Hall–Kier alpha value is -2.84. The fraction of sp³-hybridized carbons (Fsp3) is 0. The van der Waals surface area contributed by atoms with Crippen LogP contribution in [0.3, 0.4) is 0 Å². The van der Waals surface area contributed by atoms with Crippen LogP contribution in [0.15, 0.2) is 104 Å². The van der Waals surface area contributed by atoms with Gasteiger partial charge in [0.1, 0.15) is 11.4 Å². The summed E-state index contributed by atoms with van der Waals surface area (Å²) in [6.07, 6.45) is 5.93. The van der Waals surface area contributed by atoms with Gasteiger partial charge in [0.15, 0.2) is 0 Å². The third-order valence-electron chi connectivity index (χ3n) is 3.40. The molecule has 0 heterocycles. The predicted molar refractivity (Wildman–Crippen MR) is 100 cm³/mol. The Morgan fingerprint density at radius 2 is 0.885 bits per heavy atom. The van der Waals surface area contributed by atoms with Crippen molar-refractivity contribution >= 4 is 31.5 Å². The molecular weight excluding hydrogens is 372 g/mol. The summed E-state index contributed by atoms with van der Waals surface area (Å²) < 4.78 is 57.2. The second-order valence-corrected chi connectivity index (χ2v) is 8.46. The van der Waals surface area contributed by atoms with Gasteiger partial charge in [-0.2, -0.15) is 25.6 Å². The lowest BCUT2D eigenvalue weighted by Crippen LogP contribution is -2.16. The lowest BCUT2D eigenvalue weighted by Gasteiger charge is -2.07. The molecule has 0 saturated carbocycles. The number of hydrogen-bond acceptors (Lipinski definition) is 4. The van der Waals surface area contributed by atoms with Gasteiger partial charge in [0.05, 0.1) is 9.79 Å². The minimum absolute atomic E-state index is 0.0146. The molecule has 0 saturated heterocycles. The highest BCUT2D eigenvalue weighted by Crippen LogP contribution is 2.16. The van der Waals surface area contributed by atoms with Crippen LogP contribution in [0.2, 0.25) is 0 Å². The Kier molecular flexibility index (Phi) is 4.97. The fourth-order valence-corrected chi connectivity index (χ4v) is 4.21. The third-order valence-corrected chi connectivity index (χ3v) is 6.01. The van der Waals surface area contributed by atoms with Gasteiger partial charge >= 0.3 is 0 Å². The van der Waals surface area contributed by atoms with E-state index in [-0.39, 0.29) is 21.2 Å². The molecule has 3 rings (SSSR count). The Morgan fingerprint density at radius 3 is 1.23 bits per heavy atom. The molecule has 26 heavy (non-hydrogen) atoms. The molecule has 0 radical (unpaired) electrons. The largest absolute Gasteiger partial charge is 0.282 e. The molecule has 6 nitrogen and oxygen atoms in total. The van der Waals surface area contributed by atoms with Crippen molar-refractivity contribution in [3.63, 3.8) is 0 Å². The van der Waals surface area contributed by atoms with Gasteiger partial charge in [0, 0.05) is 0 Å². The quantitative estimate of drug-likeness (QED) is 0.755. The molecule has 8 heteroatoms. The lowest BCUT2D eigenvalue weighted by atomic mass is 10.1. The van der Waals surface area contributed by atoms with E-state index in [1.54, 1.807) is 48.6 Å². The van der Waals surface area contributed by atoms with Crippen molar-refractivity contribution in [2.24, 2.45) is 8.80 Å². The van der Waals surface area contributed by atoms with Crippen LogP contribution in [-0.4, -0.2) is 28.3 Å². The highest BCUT2D eigenvalue weighted by atomic mass is 32.2. The molecule has 0 spiro atoms. The number of nitrogens with zero attached hydrogens (tertiary/aromatic N) is 2.